The zero-order chi connectivity index (χ0) is 10.0. The molecule has 0 aliphatic heterocycles. The van der Waals surface area contributed by atoms with Crippen LogP contribution in [0, 0.1) is 0 Å². The number of methoxy groups -OCH3 is 1. The summed E-state index contributed by atoms with van der Waals surface area (Å²) in [5.74, 6) is 0. The Bertz CT molecular complexity index is 151. The summed E-state index contributed by atoms with van der Waals surface area (Å²) in [7, 11) is -2.00. The largest absolute Gasteiger partial charge is 0.382 e. The summed E-state index contributed by atoms with van der Waals surface area (Å²) in [6, 6.07) is 0. The fraction of sp³-hybridized carbons (Fsp3) is 1.00. The summed E-state index contributed by atoms with van der Waals surface area (Å²) >= 11 is 0. The minimum absolute atomic E-state index is 0.702. The quantitative estimate of drug-likeness (QED) is 0.517. The minimum atomic E-state index is -3.67. The predicted molar refractivity (Wildman–Crippen MR) is 45.8 cm³/mol. The first-order valence-corrected chi connectivity index (χ1v) is 5.25. The van der Waals surface area contributed by atoms with E-state index in [9.17, 15) is 8.42 Å². The van der Waals surface area contributed by atoms with Gasteiger partial charge in [0, 0.05) is 13.7 Å². The van der Waals surface area contributed by atoms with Gasteiger partial charge >= 0.3 is 0 Å². The lowest BCUT2D eigenvalue weighted by molar-refractivity contribution is 0.0777. The molecule has 0 unspecified atom stereocenters. The highest BCUT2D eigenvalue weighted by Crippen LogP contribution is 1.71. The summed E-state index contributed by atoms with van der Waals surface area (Å²) in [6.45, 7) is 4.17. The topological polar surface area (TPSA) is 72.8 Å². The Morgan fingerprint density at radius 3 is 2.00 bits per heavy atom. The Labute approximate surface area is 73.4 Å². The molecule has 0 aromatic rings. The van der Waals surface area contributed by atoms with E-state index in [1.54, 1.807) is 7.11 Å². The molecule has 0 aromatic carbocycles. The zero-order valence-electron chi connectivity index (χ0n) is 7.61. The number of hydrogen-bond acceptors (Lipinski definition) is 4. The maximum Gasteiger partial charge on any atom is 0.261 e. The average molecular weight is 200 g/mol. The zero-order valence-corrected chi connectivity index (χ0v) is 8.43. The molecule has 1 N–H and O–H groups in total. The molecular weight excluding hydrogens is 184 g/mol. The lowest BCUT2D eigenvalue weighted by atomic mass is 10.7. The summed E-state index contributed by atoms with van der Waals surface area (Å²) in [4.78, 5) is 0. The van der Waals surface area contributed by atoms with Gasteiger partial charge in [-0.2, -0.15) is 8.42 Å². The molecule has 0 amide bonds. The predicted octanol–water partition coefficient (Wildman–Crippen LogP) is 0.173. The van der Waals surface area contributed by atoms with Crippen LogP contribution in [0.3, 0.4) is 0 Å². The summed E-state index contributed by atoms with van der Waals surface area (Å²) in [5.41, 5.74) is 0. The molecule has 0 saturated carbocycles. The molecule has 0 bridgehead atoms. The Morgan fingerprint density at radius 1 is 1.33 bits per heavy atom. The summed E-state index contributed by atoms with van der Waals surface area (Å²) in [5, 5.41) is 0. The van der Waals surface area contributed by atoms with Gasteiger partial charge in [0.05, 0.1) is 19.5 Å². The molecule has 0 atom stereocenters. The Balaban J connectivity index is 0. The second-order valence-electron chi connectivity index (χ2n) is 1.92. The van der Waals surface area contributed by atoms with Crippen molar-refractivity contribution in [1.82, 2.24) is 0 Å². The molecule has 0 fully saturated rings. The second-order valence-corrected chi connectivity index (χ2v) is 3.39. The van der Waals surface area contributed by atoms with Gasteiger partial charge < -0.3 is 9.47 Å². The Morgan fingerprint density at radius 2 is 1.75 bits per heavy atom. The molecule has 0 heterocycles. The van der Waals surface area contributed by atoms with Crippen LogP contribution in [0.4, 0.5) is 0 Å². The van der Waals surface area contributed by atoms with Crippen LogP contribution in [0.25, 0.3) is 0 Å². The molecule has 0 aromatic heterocycles. The van der Waals surface area contributed by atoms with Gasteiger partial charge in [0.15, 0.2) is 0 Å². The van der Waals surface area contributed by atoms with Crippen molar-refractivity contribution in [2.24, 2.45) is 0 Å². The van der Waals surface area contributed by atoms with Crippen LogP contribution in [0.2, 0.25) is 0 Å². The van der Waals surface area contributed by atoms with Crippen molar-refractivity contribution in [2.75, 3.05) is 33.2 Å². The van der Waals surface area contributed by atoms with Gasteiger partial charge in [-0.1, -0.05) is 0 Å². The third-order valence-electron chi connectivity index (χ3n) is 0.636. The van der Waals surface area contributed by atoms with E-state index in [1.807, 2.05) is 6.92 Å². The van der Waals surface area contributed by atoms with Crippen molar-refractivity contribution in [3.8, 4) is 0 Å². The first kappa shape index (κ1) is 14.4. The third-order valence-corrected chi connectivity index (χ3v) is 0.636. The van der Waals surface area contributed by atoms with E-state index in [4.69, 9.17) is 14.0 Å². The van der Waals surface area contributed by atoms with E-state index < -0.39 is 10.1 Å². The van der Waals surface area contributed by atoms with Crippen molar-refractivity contribution in [3.05, 3.63) is 0 Å². The Hall–Kier alpha value is -0.170. The fourth-order valence-corrected chi connectivity index (χ4v) is 0.287. The van der Waals surface area contributed by atoms with Gasteiger partial charge in [-0.05, 0) is 6.92 Å². The van der Waals surface area contributed by atoms with Crippen molar-refractivity contribution >= 4 is 10.1 Å². The van der Waals surface area contributed by atoms with Crippen LogP contribution < -0.4 is 0 Å². The molecular formula is C6H16O5S. The van der Waals surface area contributed by atoms with Gasteiger partial charge in [-0.25, -0.2) is 0 Å². The third kappa shape index (κ3) is 52.2. The smallest absolute Gasteiger partial charge is 0.261 e. The van der Waals surface area contributed by atoms with E-state index in [1.165, 1.54) is 0 Å². The maximum absolute atomic E-state index is 9.19. The highest BCUT2D eigenvalue weighted by Gasteiger charge is 1.81. The monoisotopic (exact) mass is 200 g/mol. The van der Waals surface area contributed by atoms with Gasteiger partial charge in [0.1, 0.15) is 0 Å². The summed E-state index contributed by atoms with van der Waals surface area (Å²) in [6.07, 6.45) is 0.715. The van der Waals surface area contributed by atoms with Crippen molar-refractivity contribution in [2.45, 2.75) is 6.92 Å². The first-order valence-electron chi connectivity index (χ1n) is 3.41. The lowest BCUT2D eigenvalue weighted by Crippen LogP contribution is -2.00. The highest BCUT2D eigenvalue weighted by molar-refractivity contribution is 7.85. The number of hydrogen-bond donors (Lipinski definition) is 1. The molecule has 0 radical (unpaired) electrons. The average Bonchev–Trinajstić information content (AvgIpc) is 1.85. The van der Waals surface area contributed by atoms with Crippen molar-refractivity contribution in [1.29, 1.82) is 0 Å². The normalized spacial score (nSPS) is 10.3. The highest BCUT2D eigenvalue weighted by atomic mass is 32.2. The van der Waals surface area contributed by atoms with E-state index in [0.717, 1.165) is 6.61 Å². The van der Waals surface area contributed by atoms with E-state index in [0.29, 0.717) is 19.5 Å². The molecule has 5 nitrogen and oxygen atoms in total. The van der Waals surface area contributed by atoms with E-state index in [2.05, 4.69) is 0 Å². The van der Waals surface area contributed by atoms with Crippen molar-refractivity contribution < 1.29 is 22.4 Å². The van der Waals surface area contributed by atoms with Crippen LogP contribution in [0.15, 0.2) is 0 Å². The summed E-state index contributed by atoms with van der Waals surface area (Å²) < 4.78 is 35.5. The van der Waals surface area contributed by atoms with Gasteiger partial charge in [-0.3, -0.25) is 4.55 Å². The van der Waals surface area contributed by atoms with E-state index in [-0.39, 0.29) is 0 Å². The molecule has 0 aliphatic carbocycles. The molecule has 0 spiro atoms. The minimum Gasteiger partial charge on any atom is -0.382 e. The standard InChI is InChI=1S/C5H12O2.CH4O3S/c1-3-7-5-4-6-2;1-5(2,3)4/h3-5H2,1-2H3;1H3,(H,2,3,4). The second kappa shape index (κ2) is 8.92. The van der Waals surface area contributed by atoms with Crippen LogP contribution in [-0.4, -0.2) is 46.2 Å². The molecule has 0 rings (SSSR count). The molecule has 76 valence electrons. The van der Waals surface area contributed by atoms with Gasteiger partial charge in [0.25, 0.3) is 10.1 Å². The van der Waals surface area contributed by atoms with E-state index >= 15 is 0 Å². The van der Waals surface area contributed by atoms with Crippen LogP contribution in [0.5, 0.6) is 0 Å². The fourth-order valence-electron chi connectivity index (χ4n) is 0.287. The maximum atomic E-state index is 9.19. The molecule has 0 saturated heterocycles. The van der Waals surface area contributed by atoms with Crippen LogP contribution in [0.1, 0.15) is 6.92 Å². The number of rotatable bonds is 4. The van der Waals surface area contributed by atoms with Gasteiger partial charge in [-0.15, -0.1) is 0 Å². The van der Waals surface area contributed by atoms with Crippen LogP contribution in [-0.2, 0) is 19.6 Å². The van der Waals surface area contributed by atoms with Gasteiger partial charge in [0.2, 0.25) is 0 Å². The molecule has 12 heavy (non-hydrogen) atoms. The van der Waals surface area contributed by atoms with Crippen molar-refractivity contribution in [3.63, 3.8) is 0 Å². The molecule has 6 heteroatoms. The Kier molecular flexibility index (Phi) is 10.7. The SMILES string of the molecule is CCOCCOC.CS(=O)(=O)O. The first-order chi connectivity index (χ1) is 5.41. The number of ether oxygens (including phenoxy) is 2. The molecule has 0 aliphatic rings. The lowest BCUT2D eigenvalue weighted by Gasteiger charge is -1.96. The van der Waals surface area contributed by atoms with Crippen LogP contribution >= 0.6 is 0 Å².